The van der Waals surface area contributed by atoms with Crippen LogP contribution in [0.1, 0.15) is 26.7 Å². The van der Waals surface area contributed by atoms with Gasteiger partial charge in [-0.2, -0.15) is 0 Å². The molecule has 70 valence electrons. The summed E-state index contributed by atoms with van der Waals surface area (Å²) in [5.41, 5.74) is 0. The van der Waals surface area contributed by atoms with Gasteiger partial charge in [-0.25, -0.2) is 0 Å². The van der Waals surface area contributed by atoms with Gasteiger partial charge in [0, 0.05) is 19.5 Å². The number of ether oxygens (including phenoxy) is 1. The average molecular weight is 171 g/mol. The highest BCUT2D eigenvalue weighted by Crippen LogP contribution is 2.17. The summed E-state index contributed by atoms with van der Waals surface area (Å²) in [7, 11) is 2.11. The van der Waals surface area contributed by atoms with E-state index in [4.69, 9.17) is 4.74 Å². The second kappa shape index (κ2) is 3.90. The number of nitrogens with zero attached hydrogens (tertiary/aromatic N) is 1. The van der Waals surface area contributed by atoms with Crippen molar-refractivity contribution in [1.29, 1.82) is 0 Å². The van der Waals surface area contributed by atoms with Gasteiger partial charge in [0.25, 0.3) is 0 Å². The lowest BCUT2D eigenvalue weighted by Gasteiger charge is -2.34. The van der Waals surface area contributed by atoms with Crippen LogP contribution in [0.5, 0.6) is 0 Å². The smallest absolute Gasteiger partial charge is 0.302 e. The topological polar surface area (TPSA) is 29.5 Å². The second-order valence-corrected chi connectivity index (χ2v) is 3.59. The van der Waals surface area contributed by atoms with Crippen molar-refractivity contribution in [2.24, 2.45) is 0 Å². The molecule has 3 nitrogen and oxygen atoms in total. The van der Waals surface area contributed by atoms with E-state index in [0.29, 0.717) is 6.04 Å². The van der Waals surface area contributed by atoms with Gasteiger partial charge in [0.1, 0.15) is 6.10 Å². The van der Waals surface area contributed by atoms with Crippen LogP contribution in [0.3, 0.4) is 0 Å². The van der Waals surface area contributed by atoms with Crippen LogP contribution in [0.2, 0.25) is 0 Å². The third-order valence-electron chi connectivity index (χ3n) is 2.49. The van der Waals surface area contributed by atoms with Gasteiger partial charge >= 0.3 is 5.97 Å². The minimum absolute atomic E-state index is 0.147. The van der Waals surface area contributed by atoms with E-state index in [1.807, 2.05) is 0 Å². The first-order valence-electron chi connectivity index (χ1n) is 4.47. The zero-order valence-corrected chi connectivity index (χ0v) is 8.04. The van der Waals surface area contributed by atoms with Crippen molar-refractivity contribution < 1.29 is 9.53 Å². The van der Waals surface area contributed by atoms with Crippen LogP contribution >= 0.6 is 0 Å². The summed E-state index contributed by atoms with van der Waals surface area (Å²) in [6.07, 6.45) is 2.09. The van der Waals surface area contributed by atoms with Gasteiger partial charge in [-0.15, -0.1) is 0 Å². The molecule has 0 bridgehead atoms. The summed E-state index contributed by atoms with van der Waals surface area (Å²) < 4.78 is 5.14. The summed E-state index contributed by atoms with van der Waals surface area (Å²) in [6.45, 7) is 4.66. The monoisotopic (exact) mass is 171 g/mol. The third-order valence-corrected chi connectivity index (χ3v) is 2.49. The Morgan fingerprint density at radius 3 is 2.75 bits per heavy atom. The van der Waals surface area contributed by atoms with Gasteiger partial charge in [-0.1, -0.05) is 0 Å². The zero-order valence-electron chi connectivity index (χ0n) is 8.04. The minimum atomic E-state index is -0.156. The van der Waals surface area contributed by atoms with Crippen molar-refractivity contribution >= 4 is 5.97 Å². The summed E-state index contributed by atoms with van der Waals surface area (Å²) in [4.78, 5) is 13.0. The van der Waals surface area contributed by atoms with Gasteiger partial charge in [0.05, 0.1) is 0 Å². The first-order chi connectivity index (χ1) is 5.59. The molecule has 0 spiro atoms. The molecule has 0 radical (unpaired) electrons. The van der Waals surface area contributed by atoms with Gasteiger partial charge in [-0.05, 0) is 26.8 Å². The first kappa shape index (κ1) is 9.52. The predicted molar refractivity (Wildman–Crippen MR) is 46.9 cm³/mol. The number of rotatable bonds is 1. The lowest BCUT2D eigenvalue weighted by atomic mass is 10.0. The molecule has 0 saturated carbocycles. The molecule has 2 unspecified atom stereocenters. The summed E-state index contributed by atoms with van der Waals surface area (Å²) in [5.74, 6) is -0.156. The lowest BCUT2D eigenvalue weighted by Crippen LogP contribution is -2.41. The molecule has 1 fully saturated rings. The Balaban J connectivity index is 2.35. The molecule has 0 aromatic carbocycles. The van der Waals surface area contributed by atoms with Crippen molar-refractivity contribution in [1.82, 2.24) is 4.90 Å². The Morgan fingerprint density at radius 2 is 2.25 bits per heavy atom. The fraction of sp³-hybridized carbons (Fsp3) is 0.889. The fourth-order valence-electron chi connectivity index (χ4n) is 1.59. The maximum absolute atomic E-state index is 10.7. The van der Waals surface area contributed by atoms with Crippen LogP contribution in [-0.2, 0) is 9.53 Å². The SMILES string of the molecule is CC(=O)OC1CCN(C)C(C)C1. The molecular weight excluding hydrogens is 154 g/mol. The highest BCUT2D eigenvalue weighted by atomic mass is 16.5. The molecule has 0 aromatic heterocycles. The standard InChI is InChI=1S/C9H17NO2/c1-7-6-9(12-8(2)11)4-5-10(7)3/h7,9H,4-6H2,1-3H3. The Kier molecular flexibility index (Phi) is 3.09. The Bertz CT molecular complexity index is 170. The highest BCUT2D eigenvalue weighted by Gasteiger charge is 2.24. The molecule has 12 heavy (non-hydrogen) atoms. The molecular formula is C9H17NO2. The minimum Gasteiger partial charge on any atom is -0.462 e. The van der Waals surface area contributed by atoms with E-state index in [-0.39, 0.29) is 12.1 Å². The molecule has 3 heteroatoms. The van der Waals surface area contributed by atoms with Crippen molar-refractivity contribution in [2.45, 2.75) is 38.8 Å². The zero-order chi connectivity index (χ0) is 9.14. The maximum atomic E-state index is 10.7. The molecule has 1 heterocycles. The van der Waals surface area contributed by atoms with E-state index in [0.717, 1.165) is 19.4 Å². The van der Waals surface area contributed by atoms with E-state index < -0.39 is 0 Å². The van der Waals surface area contributed by atoms with Gasteiger partial charge in [0.2, 0.25) is 0 Å². The van der Waals surface area contributed by atoms with Crippen molar-refractivity contribution in [2.75, 3.05) is 13.6 Å². The van der Waals surface area contributed by atoms with E-state index in [1.165, 1.54) is 6.92 Å². The Hall–Kier alpha value is -0.570. The number of hydrogen-bond donors (Lipinski definition) is 0. The Labute approximate surface area is 73.7 Å². The summed E-state index contributed by atoms with van der Waals surface area (Å²) >= 11 is 0. The number of piperidine rings is 1. The number of carbonyl (C=O) groups excluding carboxylic acids is 1. The molecule has 0 aromatic rings. The summed E-state index contributed by atoms with van der Waals surface area (Å²) in [6, 6.07) is 0.531. The largest absolute Gasteiger partial charge is 0.462 e. The molecule has 0 aliphatic carbocycles. The van der Waals surface area contributed by atoms with E-state index in [9.17, 15) is 4.79 Å². The molecule has 1 rings (SSSR count). The molecule has 1 aliphatic heterocycles. The predicted octanol–water partition coefficient (Wildman–Crippen LogP) is 1.03. The molecule has 0 N–H and O–H groups in total. The lowest BCUT2D eigenvalue weighted by molar-refractivity contribution is -0.149. The molecule has 1 saturated heterocycles. The number of likely N-dealkylation sites (tertiary alicyclic amines) is 1. The molecule has 0 amide bonds. The highest BCUT2D eigenvalue weighted by molar-refractivity contribution is 5.66. The van der Waals surface area contributed by atoms with Gasteiger partial charge < -0.3 is 9.64 Å². The normalized spacial score (nSPS) is 31.6. The first-order valence-corrected chi connectivity index (χ1v) is 4.47. The maximum Gasteiger partial charge on any atom is 0.302 e. The van der Waals surface area contributed by atoms with E-state index in [2.05, 4.69) is 18.9 Å². The van der Waals surface area contributed by atoms with Crippen molar-refractivity contribution in [3.05, 3.63) is 0 Å². The van der Waals surface area contributed by atoms with Crippen LogP contribution in [0.4, 0.5) is 0 Å². The van der Waals surface area contributed by atoms with Gasteiger partial charge in [-0.3, -0.25) is 4.79 Å². The van der Waals surface area contributed by atoms with Crippen LogP contribution in [0.15, 0.2) is 0 Å². The fourth-order valence-corrected chi connectivity index (χ4v) is 1.59. The van der Waals surface area contributed by atoms with Crippen LogP contribution in [0, 0.1) is 0 Å². The van der Waals surface area contributed by atoms with Crippen LogP contribution < -0.4 is 0 Å². The Morgan fingerprint density at radius 1 is 1.58 bits per heavy atom. The number of hydrogen-bond acceptors (Lipinski definition) is 3. The molecule has 1 aliphatic rings. The number of carbonyl (C=O) groups is 1. The van der Waals surface area contributed by atoms with Crippen molar-refractivity contribution in [3.8, 4) is 0 Å². The van der Waals surface area contributed by atoms with Crippen LogP contribution in [0.25, 0.3) is 0 Å². The van der Waals surface area contributed by atoms with Crippen molar-refractivity contribution in [3.63, 3.8) is 0 Å². The average Bonchev–Trinajstić information content (AvgIpc) is 1.96. The summed E-state index contributed by atoms with van der Waals surface area (Å²) in [5, 5.41) is 0. The van der Waals surface area contributed by atoms with E-state index >= 15 is 0 Å². The van der Waals surface area contributed by atoms with Gasteiger partial charge in [0.15, 0.2) is 0 Å². The third kappa shape index (κ3) is 2.48. The molecule has 2 atom stereocenters. The quantitative estimate of drug-likeness (QED) is 0.552. The second-order valence-electron chi connectivity index (χ2n) is 3.59. The number of esters is 1. The van der Waals surface area contributed by atoms with E-state index in [1.54, 1.807) is 0 Å². The van der Waals surface area contributed by atoms with Crippen LogP contribution in [-0.4, -0.2) is 36.6 Å².